The molecule has 2 rings (SSSR count). The summed E-state index contributed by atoms with van der Waals surface area (Å²) in [6.07, 6.45) is 0.941. The minimum absolute atomic E-state index is 0.679. The highest BCUT2D eigenvalue weighted by molar-refractivity contribution is 7.15. The zero-order chi connectivity index (χ0) is 11.4. The first-order chi connectivity index (χ1) is 7.83. The van der Waals surface area contributed by atoms with E-state index in [2.05, 4.69) is 24.3 Å². The van der Waals surface area contributed by atoms with Gasteiger partial charge in [-0.05, 0) is 36.2 Å². The van der Waals surface area contributed by atoms with Gasteiger partial charge in [-0.1, -0.05) is 12.1 Å². The number of benzene rings is 1. The highest BCUT2D eigenvalue weighted by Crippen LogP contribution is 2.30. The van der Waals surface area contributed by atoms with Gasteiger partial charge in [-0.15, -0.1) is 22.9 Å². The highest BCUT2D eigenvalue weighted by Gasteiger charge is 2.03. The smallest absolute Gasteiger partial charge is 0.119 e. The molecule has 0 saturated carbocycles. The normalized spacial score (nSPS) is 10.4. The molecule has 16 heavy (non-hydrogen) atoms. The van der Waals surface area contributed by atoms with Gasteiger partial charge in [0.25, 0.3) is 0 Å². The lowest BCUT2D eigenvalue weighted by Crippen LogP contribution is -1.82. The van der Waals surface area contributed by atoms with Crippen LogP contribution < -0.4 is 4.74 Å². The average Bonchev–Trinajstić information content (AvgIpc) is 2.78. The first-order valence-electron chi connectivity index (χ1n) is 5.12. The number of rotatable bonds is 4. The number of halogens is 1. The summed E-state index contributed by atoms with van der Waals surface area (Å²) in [5.74, 6) is 1.57. The molecule has 2 aromatic rings. The molecule has 0 saturated heterocycles. The lowest BCUT2D eigenvalue weighted by molar-refractivity contribution is 0.415. The maximum absolute atomic E-state index is 5.73. The van der Waals surface area contributed by atoms with Crippen molar-refractivity contribution in [2.45, 2.75) is 6.42 Å². The van der Waals surface area contributed by atoms with Crippen LogP contribution in [0.4, 0.5) is 0 Å². The van der Waals surface area contributed by atoms with Crippen molar-refractivity contribution < 1.29 is 4.74 Å². The van der Waals surface area contributed by atoms with Crippen molar-refractivity contribution in [3.8, 4) is 16.2 Å². The Bertz CT molecular complexity index is 464. The second kappa shape index (κ2) is 5.37. The van der Waals surface area contributed by atoms with Crippen LogP contribution in [0.25, 0.3) is 10.4 Å². The lowest BCUT2D eigenvalue weighted by Gasteiger charge is -2.01. The summed E-state index contributed by atoms with van der Waals surface area (Å²) >= 11 is 7.52. The number of alkyl halides is 1. The molecule has 1 aromatic carbocycles. The van der Waals surface area contributed by atoms with Crippen molar-refractivity contribution >= 4 is 22.9 Å². The van der Waals surface area contributed by atoms with E-state index in [-0.39, 0.29) is 0 Å². The van der Waals surface area contributed by atoms with Gasteiger partial charge in [-0.3, -0.25) is 0 Å². The molecule has 1 heterocycles. The molecule has 0 spiro atoms. The number of hydrogen-bond acceptors (Lipinski definition) is 2. The van der Waals surface area contributed by atoms with Gasteiger partial charge in [0.2, 0.25) is 0 Å². The zero-order valence-electron chi connectivity index (χ0n) is 9.07. The van der Waals surface area contributed by atoms with Crippen LogP contribution in [0.15, 0.2) is 36.4 Å². The Balaban J connectivity index is 2.27. The SMILES string of the molecule is COc1cccc(-c2ccc(CCCl)s2)c1. The van der Waals surface area contributed by atoms with E-state index in [4.69, 9.17) is 16.3 Å². The molecule has 1 aromatic heterocycles. The first-order valence-corrected chi connectivity index (χ1v) is 6.47. The Morgan fingerprint density at radius 2 is 2.12 bits per heavy atom. The topological polar surface area (TPSA) is 9.23 Å². The molecule has 0 N–H and O–H groups in total. The van der Waals surface area contributed by atoms with Gasteiger partial charge in [0.15, 0.2) is 0 Å². The predicted molar refractivity (Wildman–Crippen MR) is 70.7 cm³/mol. The molecule has 0 aliphatic rings. The molecule has 0 amide bonds. The van der Waals surface area contributed by atoms with Crippen LogP contribution in [0.2, 0.25) is 0 Å². The van der Waals surface area contributed by atoms with Crippen molar-refractivity contribution in [3.63, 3.8) is 0 Å². The quantitative estimate of drug-likeness (QED) is 0.741. The predicted octanol–water partition coefficient (Wildman–Crippen LogP) is 4.21. The van der Waals surface area contributed by atoms with Crippen LogP contribution in [0.1, 0.15) is 4.88 Å². The van der Waals surface area contributed by atoms with Crippen LogP contribution in [-0.2, 0) is 6.42 Å². The second-order valence-corrected chi connectivity index (χ2v) is 4.98. The molecule has 1 nitrogen and oxygen atoms in total. The van der Waals surface area contributed by atoms with Gasteiger partial charge in [-0.25, -0.2) is 0 Å². The van der Waals surface area contributed by atoms with E-state index in [1.54, 1.807) is 18.4 Å². The number of methoxy groups -OCH3 is 1. The van der Waals surface area contributed by atoms with Crippen LogP contribution in [0.5, 0.6) is 5.75 Å². The Morgan fingerprint density at radius 1 is 1.25 bits per heavy atom. The molecule has 0 radical (unpaired) electrons. The van der Waals surface area contributed by atoms with E-state index in [1.165, 1.54) is 15.3 Å². The Labute approximate surface area is 105 Å². The lowest BCUT2D eigenvalue weighted by atomic mass is 10.2. The average molecular weight is 253 g/mol. The molecule has 3 heteroatoms. The number of hydrogen-bond donors (Lipinski definition) is 0. The molecule has 0 unspecified atom stereocenters. The van der Waals surface area contributed by atoms with Crippen LogP contribution in [-0.4, -0.2) is 13.0 Å². The summed E-state index contributed by atoms with van der Waals surface area (Å²) in [5, 5.41) is 0. The molecule has 0 aliphatic heterocycles. The van der Waals surface area contributed by atoms with Crippen LogP contribution in [0, 0.1) is 0 Å². The second-order valence-electron chi connectivity index (χ2n) is 3.44. The standard InChI is InChI=1S/C13H13ClOS/c1-15-11-4-2-3-10(9-11)13-6-5-12(16-13)7-8-14/h2-6,9H,7-8H2,1H3. The maximum atomic E-state index is 5.73. The third kappa shape index (κ3) is 2.57. The maximum Gasteiger partial charge on any atom is 0.119 e. The molecule has 0 aliphatic carbocycles. The molecular formula is C13H13ClOS. The monoisotopic (exact) mass is 252 g/mol. The van der Waals surface area contributed by atoms with E-state index < -0.39 is 0 Å². The molecule has 0 atom stereocenters. The Hall–Kier alpha value is -0.990. The van der Waals surface area contributed by atoms with E-state index >= 15 is 0 Å². The Kier molecular flexibility index (Phi) is 3.86. The van der Waals surface area contributed by atoms with Crippen molar-refractivity contribution in [3.05, 3.63) is 41.3 Å². The van der Waals surface area contributed by atoms with Gasteiger partial charge >= 0.3 is 0 Å². The summed E-state index contributed by atoms with van der Waals surface area (Å²) in [6, 6.07) is 12.4. The van der Waals surface area contributed by atoms with Gasteiger partial charge in [0.1, 0.15) is 5.75 Å². The van der Waals surface area contributed by atoms with Crippen molar-refractivity contribution in [2.24, 2.45) is 0 Å². The molecule has 0 bridgehead atoms. The fourth-order valence-corrected chi connectivity index (χ4v) is 2.86. The van der Waals surface area contributed by atoms with Gasteiger partial charge in [0, 0.05) is 15.6 Å². The number of ether oxygens (including phenoxy) is 1. The zero-order valence-corrected chi connectivity index (χ0v) is 10.6. The summed E-state index contributed by atoms with van der Waals surface area (Å²) in [5.41, 5.74) is 1.20. The van der Waals surface area contributed by atoms with Gasteiger partial charge < -0.3 is 4.74 Å². The van der Waals surface area contributed by atoms with E-state index in [9.17, 15) is 0 Å². The first kappa shape index (κ1) is 11.5. The molecule has 84 valence electrons. The fraction of sp³-hybridized carbons (Fsp3) is 0.231. The number of thiophene rings is 1. The fourth-order valence-electron chi connectivity index (χ4n) is 1.54. The van der Waals surface area contributed by atoms with E-state index in [1.807, 2.05) is 12.1 Å². The van der Waals surface area contributed by atoms with Crippen molar-refractivity contribution in [1.82, 2.24) is 0 Å². The Morgan fingerprint density at radius 3 is 2.88 bits per heavy atom. The largest absolute Gasteiger partial charge is 0.497 e. The third-order valence-corrected chi connectivity index (χ3v) is 3.74. The van der Waals surface area contributed by atoms with Crippen LogP contribution >= 0.6 is 22.9 Å². The summed E-state index contributed by atoms with van der Waals surface area (Å²) in [6.45, 7) is 0. The summed E-state index contributed by atoms with van der Waals surface area (Å²) < 4.78 is 5.21. The van der Waals surface area contributed by atoms with Crippen LogP contribution in [0.3, 0.4) is 0 Å². The minimum Gasteiger partial charge on any atom is -0.497 e. The van der Waals surface area contributed by atoms with E-state index in [0.717, 1.165) is 12.2 Å². The van der Waals surface area contributed by atoms with E-state index in [0.29, 0.717) is 5.88 Å². The highest BCUT2D eigenvalue weighted by atomic mass is 35.5. The number of aryl methyl sites for hydroxylation is 1. The molecule has 0 fully saturated rings. The van der Waals surface area contributed by atoms with Crippen molar-refractivity contribution in [2.75, 3.05) is 13.0 Å². The van der Waals surface area contributed by atoms with Gasteiger partial charge in [-0.2, -0.15) is 0 Å². The third-order valence-electron chi connectivity index (χ3n) is 2.36. The molecular weight excluding hydrogens is 240 g/mol. The summed E-state index contributed by atoms with van der Waals surface area (Å²) in [4.78, 5) is 2.59. The van der Waals surface area contributed by atoms with Gasteiger partial charge in [0.05, 0.1) is 7.11 Å². The summed E-state index contributed by atoms with van der Waals surface area (Å²) in [7, 11) is 1.69. The minimum atomic E-state index is 0.679. The van der Waals surface area contributed by atoms with Crippen molar-refractivity contribution in [1.29, 1.82) is 0 Å².